The first-order chi connectivity index (χ1) is 13.2. The molecule has 0 saturated carbocycles. The normalized spacial score (nSPS) is 17.3. The summed E-state index contributed by atoms with van der Waals surface area (Å²) in [5.74, 6) is 0.499. The molecule has 27 heavy (non-hydrogen) atoms. The molecule has 0 spiro atoms. The predicted octanol–water partition coefficient (Wildman–Crippen LogP) is 3.50. The number of carbonyl (C=O) groups excluding carboxylic acids is 2. The van der Waals surface area contributed by atoms with Gasteiger partial charge in [-0.2, -0.15) is 0 Å². The maximum atomic E-state index is 13.2. The summed E-state index contributed by atoms with van der Waals surface area (Å²) in [5, 5.41) is 0. The number of rotatable bonds is 6. The molecule has 1 saturated heterocycles. The number of likely N-dealkylation sites (tertiary alicyclic amines) is 1. The van der Waals surface area contributed by atoms with Gasteiger partial charge in [-0.1, -0.05) is 26.7 Å². The van der Waals surface area contributed by atoms with E-state index < -0.39 is 0 Å². The van der Waals surface area contributed by atoms with Gasteiger partial charge in [-0.05, 0) is 44.9 Å². The Bertz CT molecular complexity index is 615. The Hall–Kier alpha value is -1.85. The molecule has 0 aliphatic carbocycles. The number of nitrogens with zero attached hydrogens (tertiary/aromatic N) is 4. The van der Waals surface area contributed by atoms with E-state index in [2.05, 4.69) is 18.8 Å². The largest absolute Gasteiger partial charge is 0.337 e. The van der Waals surface area contributed by atoms with Gasteiger partial charge in [0.05, 0.1) is 5.69 Å². The number of aromatic nitrogens is 2. The molecule has 2 aliphatic rings. The number of fused-ring (bicyclic) bond motifs is 1. The highest BCUT2D eigenvalue weighted by molar-refractivity contribution is 5.97. The molecule has 1 fully saturated rings. The highest BCUT2D eigenvalue weighted by Gasteiger charge is 2.31. The van der Waals surface area contributed by atoms with E-state index in [4.69, 9.17) is 0 Å². The van der Waals surface area contributed by atoms with Crippen molar-refractivity contribution in [2.75, 3.05) is 26.2 Å². The van der Waals surface area contributed by atoms with Crippen molar-refractivity contribution in [3.63, 3.8) is 0 Å². The van der Waals surface area contributed by atoms with Crippen molar-refractivity contribution in [1.29, 1.82) is 0 Å². The Morgan fingerprint density at radius 3 is 2.19 bits per heavy atom. The van der Waals surface area contributed by atoms with E-state index in [9.17, 15) is 9.59 Å². The van der Waals surface area contributed by atoms with E-state index in [1.54, 1.807) is 0 Å². The van der Waals surface area contributed by atoms with E-state index in [1.807, 2.05) is 14.4 Å². The molecular formula is C21H34N4O2. The number of imidazole rings is 1. The van der Waals surface area contributed by atoms with Crippen molar-refractivity contribution in [1.82, 2.24) is 19.4 Å². The minimum absolute atomic E-state index is 0.000679. The molecule has 0 radical (unpaired) electrons. The van der Waals surface area contributed by atoms with Gasteiger partial charge in [0.2, 0.25) is 0 Å². The smallest absolute Gasteiger partial charge is 0.289 e. The SMILES string of the molecule is CCCN(CCC)C(=O)c1nc(C(=O)N2CCCCCC2)n2c1CCCC2. The van der Waals surface area contributed by atoms with Crippen molar-refractivity contribution in [2.24, 2.45) is 0 Å². The molecule has 0 bridgehead atoms. The van der Waals surface area contributed by atoms with Crippen molar-refractivity contribution < 1.29 is 9.59 Å². The standard InChI is InChI=1S/C21H34N4O2/c1-3-12-23(13-4-2)20(26)18-17-11-7-10-16-25(17)19(22-18)21(27)24-14-8-5-6-9-15-24/h3-16H2,1-2H3. The molecule has 1 aromatic heterocycles. The summed E-state index contributed by atoms with van der Waals surface area (Å²) in [6.07, 6.45) is 9.32. The van der Waals surface area contributed by atoms with Gasteiger partial charge in [0.25, 0.3) is 11.8 Å². The fourth-order valence-corrected chi connectivity index (χ4v) is 4.30. The van der Waals surface area contributed by atoms with E-state index >= 15 is 0 Å². The fraction of sp³-hybridized carbons (Fsp3) is 0.762. The molecule has 6 heteroatoms. The minimum Gasteiger partial charge on any atom is -0.337 e. The molecule has 1 aromatic rings. The van der Waals surface area contributed by atoms with Crippen LogP contribution in [0.1, 0.15) is 92.0 Å². The minimum atomic E-state index is -0.000679. The van der Waals surface area contributed by atoms with Gasteiger partial charge in [0.15, 0.2) is 5.82 Å². The summed E-state index contributed by atoms with van der Waals surface area (Å²) in [7, 11) is 0. The Morgan fingerprint density at radius 1 is 0.926 bits per heavy atom. The average molecular weight is 375 g/mol. The van der Waals surface area contributed by atoms with Gasteiger partial charge in [-0.15, -0.1) is 0 Å². The average Bonchev–Trinajstić information content (AvgIpc) is 2.86. The third-order valence-electron chi connectivity index (χ3n) is 5.68. The molecule has 150 valence electrons. The van der Waals surface area contributed by atoms with Crippen molar-refractivity contribution in [2.45, 2.75) is 78.2 Å². The van der Waals surface area contributed by atoms with Crippen LogP contribution in [-0.2, 0) is 13.0 Å². The lowest BCUT2D eigenvalue weighted by Crippen LogP contribution is -2.34. The van der Waals surface area contributed by atoms with Gasteiger partial charge in [0, 0.05) is 32.7 Å². The maximum Gasteiger partial charge on any atom is 0.289 e. The third kappa shape index (κ3) is 4.36. The van der Waals surface area contributed by atoms with E-state index in [0.29, 0.717) is 11.5 Å². The molecule has 3 heterocycles. The zero-order valence-electron chi connectivity index (χ0n) is 17.0. The van der Waals surface area contributed by atoms with Crippen LogP contribution in [0, 0.1) is 0 Å². The zero-order valence-corrected chi connectivity index (χ0v) is 17.0. The van der Waals surface area contributed by atoms with E-state index in [-0.39, 0.29) is 11.8 Å². The third-order valence-corrected chi connectivity index (χ3v) is 5.68. The number of amides is 2. The second-order valence-corrected chi connectivity index (χ2v) is 7.84. The van der Waals surface area contributed by atoms with Crippen molar-refractivity contribution in [3.05, 3.63) is 17.2 Å². The van der Waals surface area contributed by atoms with Crippen LogP contribution in [-0.4, -0.2) is 57.3 Å². The van der Waals surface area contributed by atoms with Gasteiger partial charge in [-0.3, -0.25) is 9.59 Å². The molecule has 2 aliphatic heterocycles. The Kier molecular flexibility index (Phi) is 6.91. The second-order valence-electron chi connectivity index (χ2n) is 7.84. The second kappa shape index (κ2) is 9.38. The van der Waals surface area contributed by atoms with Crippen LogP contribution in [0.15, 0.2) is 0 Å². The molecule has 6 nitrogen and oxygen atoms in total. The molecular weight excluding hydrogens is 340 g/mol. The Balaban J connectivity index is 1.91. The van der Waals surface area contributed by atoms with Crippen LogP contribution < -0.4 is 0 Å². The van der Waals surface area contributed by atoms with E-state index in [0.717, 1.165) is 83.4 Å². The maximum absolute atomic E-state index is 13.2. The molecule has 0 atom stereocenters. The lowest BCUT2D eigenvalue weighted by Gasteiger charge is -2.23. The lowest BCUT2D eigenvalue weighted by molar-refractivity contribution is 0.0743. The van der Waals surface area contributed by atoms with Crippen molar-refractivity contribution in [3.8, 4) is 0 Å². The van der Waals surface area contributed by atoms with Crippen LogP contribution in [0.5, 0.6) is 0 Å². The highest BCUT2D eigenvalue weighted by Crippen LogP contribution is 2.24. The Labute approximate surface area is 162 Å². The van der Waals surface area contributed by atoms with Gasteiger partial charge in [0.1, 0.15) is 5.69 Å². The zero-order chi connectivity index (χ0) is 19.2. The monoisotopic (exact) mass is 374 g/mol. The summed E-state index contributed by atoms with van der Waals surface area (Å²) in [5.41, 5.74) is 1.50. The molecule has 0 aromatic carbocycles. The predicted molar refractivity (Wildman–Crippen MR) is 106 cm³/mol. The van der Waals surface area contributed by atoms with Crippen LogP contribution in [0.25, 0.3) is 0 Å². The topological polar surface area (TPSA) is 58.4 Å². The first-order valence-corrected chi connectivity index (χ1v) is 10.8. The summed E-state index contributed by atoms with van der Waals surface area (Å²) in [4.78, 5) is 34.9. The molecule has 0 N–H and O–H groups in total. The van der Waals surface area contributed by atoms with Gasteiger partial charge >= 0.3 is 0 Å². The van der Waals surface area contributed by atoms with Crippen LogP contribution in [0.3, 0.4) is 0 Å². The molecule has 3 rings (SSSR count). The highest BCUT2D eigenvalue weighted by atomic mass is 16.2. The van der Waals surface area contributed by atoms with E-state index in [1.165, 1.54) is 12.8 Å². The lowest BCUT2D eigenvalue weighted by atomic mass is 10.1. The quantitative estimate of drug-likeness (QED) is 0.766. The summed E-state index contributed by atoms with van der Waals surface area (Å²) >= 11 is 0. The summed E-state index contributed by atoms with van der Waals surface area (Å²) < 4.78 is 2.04. The Morgan fingerprint density at radius 2 is 1.56 bits per heavy atom. The number of carbonyl (C=O) groups is 2. The van der Waals surface area contributed by atoms with Crippen LogP contribution in [0.4, 0.5) is 0 Å². The molecule has 0 unspecified atom stereocenters. The van der Waals surface area contributed by atoms with Crippen LogP contribution in [0.2, 0.25) is 0 Å². The van der Waals surface area contributed by atoms with Crippen LogP contribution >= 0.6 is 0 Å². The van der Waals surface area contributed by atoms with Gasteiger partial charge < -0.3 is 14.4 Å². The number of hydrogen-bond acceptors (Lipinski definition) is 3. The first-order valence-electron chi connectivity index (χ1n) is 10.8. The summed E-state index contributed by atoms with van der Waals surface area (Å²) in [6.45, 7) is 8.08. The fourth-order valence-electron chi connectivity index (χ4n) is 4.30. The molecule has 2 amide bonds. The summed E-state index contributed by atoms with van der Waals surface area (Å²) in [6, 6.07) is 0. The number of hydrogen-bond donors (Lipinski definition) is 0. The first kappa shape index (κ1) is 19.9. The van der Waals surface area contributed by atoms with Gasteiger partial charge in [-0.25, -0.2) is 4.98 Å². The van der Waals surface area contributed by atoms with Crippen molar-refractivity contribution >= 4 is 11.8 Å².